The zero-order chi connectivity index (χ0) is 17.6. The van der Waals surface area contributed by atoms with E-state index in [1.54, 1.807) is 19.2 Å². The van der Waals surface area contributed by atoms with Gasteiger partial charge >= 0.3 is 0 Å². The van der Waals surface area contributed by atoms with Crippen molar-refractivity contribution >= 4 is 23.2 Å². The monoisotopic (exact) mass is 361 g/mol. The molecule has 0 fully saturated rings. The Morgan fingerprint density at radius 2 is 1.92 bits per heavy atom. The van der Waals surface area contributed by atoms with E-state index in [9.17, 15) is 4.79 Å². The molecule has 0 unspecified atom stereocenters. The largest absolute Gasteiger partial charge is 0.496 e. The van der Waals surface area contributed by atoms with E-state index in [0.717, 1.165) is 17.7 Å². The van der Waals surface area contributed by atoms with Gasteiger partial charge in [0, 0.05) is 25.0 Å². The number of hydrogen-bond acceptors (Lipinski definition) is 4. The first-order valence-corrected chi connectivity index (χ1v) is 8.56. The molecule has 0 saturated heterocycles. The van der Waals surface area contributed by atoms with Crippen LogP contribution in [0.2, 0.25) is 5.02 Å². The molecule has 0 aromatic heterocycles. The Labute approximate surface area is 151 Å². The van der Waals surface area contributed by atoms with Gasteiger partial charge in [-0.1, -0.05) is 29.8 Å². The Hall–Kier alpha value is -2.40. The highest BCUT2D eigenvalue weighted by Crippen LogP contribution is 2.37. The van der Waals surface area contributed by atoms with Crippen molar-refractivity contribution in [2.24, 2.45) is 0 Å². The number of benzene rings is 2. The summed E-state index contributed by atoms with van der Waals surface area (Å²) in [6, 6.07) is 11.1. The lowest BCUT2D eigenvalue weighted by Crippen LogP contribution is -2.13. The Bertz CT molecular complexity index is 763. The topological polar surface area (TPSA) is 56.8 Å². The number of para-hydroxylation sites is 1. The molecule has 0 atom stereocenters. The standard InChI is InChI=1S/C19H20ClNO4/c1-23-16-6-3-2-5-13(16)7-8-19(22)21-15-12-18-17(11-14(15)20)24-9-4-10-25-18/h2-3,5-6,11-12H,4,7-10H2,1H3,(H,21,22). The van der Waals surface area contributed by atoms with Crippen LogP contribution < -0.4 is 19.5 Å². The maximum absolute atomic E-state index is 12.3. The molecule has 0 aliphatic carbocycles. The lowest BCUT2D eigenvalue weighted by atomic mass is 10.1. The fraction of sp³-hybridized carbons (Fsp3) is 0.316. The summed E-state index contributed by atoms with van der Waals surface area (Å²) in [6.07, 6.45) is 1.72. The molecule has 2 aromatic rings. The Balaban J connectivity index is 1.66. The van der Waals surface area contributed by atoms with Crippen LogP contribution in [-0.4, -0.2) is 26.2 Å². The second-order valence-electron chi connectivity index (χ2n) is 5.69. The van der Waals surface area contributed by atoms with Crippen molar-refractivity contribution in [3.63, 3.8) is 0 Å². The molecular formula is C19H20ClNO4. The van der Waals surface area contributed by atoms with Crippen molar-refractivity contribution in [1.29, 1.82) is 0 Å². The predicted molar refractivity (Wildman–Crippen MR) is 97.0 cm³/mol. The van der Waals surface area contributed by atoms with E-state index < -0.39 is 0 Å². The number of fused-ring (bicyclic) bond motifs is 1. The van der Waals surface area contributed by atoms with Gasteiger partial charge in [-0.15, -0.1) is 0 Å². The molecule has 132 valence electrons. The van der Waals surface area contributed by atoms with Gasteiger partial charge in [-0.25, -0.2) is 0 Å². The average molecular weight is 362 g/mol. The highest BCUT2D eigenvalue weighted by atomic mass is 35.5. The molecule has 25 heavy (non-hydrogen) atoms. The summed E-state index contributed by atoms with van der Waals surface area (Å²) in [4.78, 5) is 12.3. The van der Waals surface area contributed by atoms with Crippen molar-refractivity contribution in [1.82, 2.24) is 0 Å². The first-order valence-electron chi connectivity index (χ1n) is 8.18. The number of carbonyl (C=O) groups is 1. The Kier molecular flexibility index (Phi) is 5.66. The van der Waals surface area contributed by atoms with Crippen LogP contribution in [0.4, 0.5) is 5.69 Å². The van der Waals surface area contributed by atoms with Crippen LogP contribution in [0.25, 0.3) is 0 Å². The third-order valence-electron chi connectivity index (χ3n) is 3.93. The molecular weight excluding hydrogens is 342 g/mol. The SMILES string of the molecule is COc1ccccc1CCC(=O)Nc1cc2c(cc1Cl)OCCCO2. The molecule has 1 aliphatic rings. The number of anilines is 1. The van der Waals surface area contributed by atoms with E-state index in [4.69, 9.17) is 25.8 Å². The van der Waals surface area contributed by atoms with E-state index in [0.29, 0.717) is 48.3 Å². The molecule has 1 amide bonds. The summed E-state index contributed by atoms with van der Waals surface area (Å²) in [5.41, 5.74) is 1.51. The van der Waals surface area contributed by atoms with Crippen LogP contribution in [0.3, 0.4) is 0 Å². The summed E-state index contributed by atoms with van der Waals surface area (Å²) in [5.74, 6) is 1.86. The molecule has 1 aliphatic heterocycles. The molecule has 1 N–H and O–H groups in total. The minimum absolute atomic E-state index is 0.123. The Morgan fingerprint density at radius 1 is 1.20 bits per heavy atom. The molecule has 2 aromatic carbocycles. The third kappa shape index (κ3) is 4.37. The number of hydrogen-bond donors (Lipinski definition) is 1. The molecule has 6 heteroatoms. The fourth-order valence-corrected chi connectivity index (χ4v) is 2.85. The van der Waals surface area contributed by atoms with Crippen LogP contribution in [0, 0.1) is 0 Å². The lowest BCUT2D eigenvalue weighted by molar-refractivity contribution is -0.116. The highest BCUT2D eigenvalue weighted by molar-refractivity contribution is 6.34. The molecule has 1 heterocycles. The number of carbonyl (C=O) groups excluding carboxylic acids is 1. The van der Waals surface area contributed by atoms with Gasteiger partial charge in [0.05, 0.1) is 31.0 Å². The van der Waals surface area contributed by atoms with E-state index in [1.807, 2.05) is 24.3 Å². The van der Waals surface area contributed by atoms with Crippen LogP contribution in [0.5, 0.6) is 17.2 Å². The fourth-order valence-electron chi connectivity index (χ4n) is 2.65. The summed E-state index contributed by atoms with van der Waals surface area (Å²) in [6.45, 7) is 1.17. The number of amides is 1. The number of aryl methyl sites for hydroxylation is 1. The molecule has 5 nitrogen and oxygen atoms in total. The first-order chi connectivity index (χ1) is 12.2. The van der Waals surface area contributed by atoms with Crippen molar-refractivity contribution in [2.75, 3.05) is 25.6 Å². The summed E-state index contributed by atoms with van der Waals surface area (Å²) >= 11 is 6.25. The van der Waals surface area contributed by atoms with E-state index in [2.05, 4.69) is 5.32 Å². The predicted octanol–water partition coefficient (Wildman–Crippen LogP) is 4.08. The van der Waals surface area contributed by atoms with Crippen molar-refractivity contribution < 1.29 is 19.0 Å². The number of rotatable bonds is 5. The van der Waals surface area contributed by atoms with Crippen LogP contribution in [0.15, 0.2) is 36.4 Å². The molecule has 0 spiro atoms. The number of nitrogens with one attached hydrogen (secondary N) is 1. The van der Waals surface area contributed by atoms with Gasteiger partial charge in [-0.05, 0) is 18.1 Å². The van der Waals surface area contributed by atoms with Crippen LogP contribution in [0.1, 0.15) is 18.4 Å². The van der Waals surface area contributed by atoms with Crippen molar-refractivity contribution in [3.8, 4) is 17.2 Å². The smallest absolute Gasteiger partial charge is 0.224 e. The molecule has 0 saturated carbocycles. The average Bonchev–Trinajstić information content (AvgIpc) is 2.85. The maximum Gasteiger partial charge on any atom is 0.224 e. The maximum atomic E-state index is 12.3. The number of ether oxygens (including phenoxy) is 3. The molecule has 0 bridgehead atoms. The highest BCUT2D eigenvalue weighted by Gasteiger charge is 2.16. The van der Waals surface area contributed by atoms with E-state index in [-0.39, 0.29) is 5.91 Å². The van der Waals surface area contributed by atoms with Gasteiger partial charge in [-0.3, -0.25) is 4.79 Å². The van der Waals surface area contributed by atoms with Crippen molar-refractivity contribution in [2.45, 2.75) is 19.3 Å². The van der Waals surface area contributed by atoms with Gasteiger partial charge < -0.3 is 19.5 Å². The van der Waals surface area contributed by atoms with E-state index >= 15 is 0 Å². The zero-order valence-electron chi connectivity index (χ0n) is 14.0. The summed E-state index contributed by atoms with van der Waals surface area (Å²) in [7, 11) is 1.62. The van der Waals surface area contributed by atoms with Gasteiger partial charge in [0.25, 0.3) is 0 Å². The zero-order valence-corrected chi connectivity index (χ0v) is 14.8. The quantitative estimate of drug-likeness (QED) is 0.871. The minimum atomic E-state index is -0.123. The number of methoxy groups -OCH3 is 1. The normalized spacial score (nSPS) is 13.0. The summed E-state index contributed by atoms with van der Waals surface area (Å²) in [5, 5.41) is 3.27. The Morgan fingerprint density at radius 3 is 2.68 bits per heavy atom. The lowest BCUT2D eigenvalue weighted by Gasteiger charge is -2.13. The van der Waals surface area contributed by atoms with Gasteiger partial charge in [0.15, 0.2) is 11.5 Å². The summed E-state index contributed by atoms with van der Waals surface area (Å²) < 4.78 is 16.5. The van der Waals surface area contributed by atoms with Crippen molar-refractivity contribution in [3.05, 3.63) is 47.0 Å². The van der Waals surface area contributed by atoms with Crippen LogP contribution >= 0.6 is 11.6 Å². The molecule has 0 radical (unpaired) electrons. The second kappa shape index (κ2) is 8.12. The minimum Gasteiger partial charge on any atom is -0.496 e. The van der Waals surface area contributed by atoms with Gasteiger partial charge in [0.2, 0.25) is 5.91 Å². The van der Waals surface area contributed by atoms with Gasteiger partial charge in [0.1, 0.15) is 5.75 Å². The number of halogens is 1. The van der Waals surface area contributed by atoms with E-state index in [1.165, 1.54) is 0 Å². The first kappa shape index (κ1) is 17.4. The van der Waals surface area contributed by atoms with Crippen LogP contribution in [-0.2, 0) is 11.2 Å². The molecule has 3 rings (SSSR count). The van der Waals surface area contributed by atoms with Gasteiger partial charge in [-0.2, -0.15) is 0 Å². The third-order valence-corrected chi connectivity index (χ3v) is 4.24. The second-order valence-corrected chi connectivity index (χ2v) is 6.10.